The third-order valence-electron chi connectivity index (χ3n) is 8.52. The number of cyclic esters (lactones) is 1. The van der Waals surface area contributed by atoms with Crippen LogP contribution in [0.5, 0.6) is 0 Å². The summed E-state index contributed by atoms with van der Waals surface area (Å²) in [5.41, 5.74) is -0.926. The molecule has 2 fully saturated rings. The number of hydrogen-bond acceptors (Lipinski definition) is 6. The van der Waals surface area contributed by atoms with E-state index >= 15 is 0 Å². The molecule has 4 rings (SSSR count). The molecule has 2 aliphatic carbocycles. The van der Waals surface area contributed by atoms with Gasteiger partial charge in [-0.25, -0.2) is 9.59 Å². The van der Waals surface area contributed by atoms with Crippen molar-refractivity contribution >= 4 is 17.6 Å². The van der Waals surface area contributed by atoms with E-state index in [9.17, 15) is 24.6 Å². The molecule has 1 aliphatic heterocycles. The number of esters is 1. The van der Waals surface area contributed by atoms with Gasteiger partial charge in [0.25, 0.3) is 5.56 Å². The number of rotatable bonds is 5. The lowest BCUT2D eigenvalue weighted by Gasteiger charge is -2.60. The minimum Gasteiger partial charge on any atom is -0.458 e. The van der Waals surface area contributed by atoms with Gasteiger partial charge in [-0.15, -0.1) is 0 Å². The van der Waals surface area contributed by atoms with Crippen LogP contribution in [0.2, 0.25) is 5.02 Å². The Kier molecular flexibility index (Phi) is 6.22. The molecule has 0 aromatic carbocycles. The molecular weight excluding hydrogens is 448 g/mol. The molecule has 2 saturated carbocycles. The van der Waals surface area contributed by atoms with Gasteiger partial charge >= 0.3 is 11.7 Å². The number of nitrogens with zero attached hydrogens (tertiary/aromatic N) is 1. The largest absolute Gasteiger partial charge is 0.458 e. The molecule has 1 aromatic heterocycles. The van der Waals surface area contributed by atoms with Crippen molar-refractivity contribution in [3.05, 3.63) is 55.9 Å². The standard InChI is InChI=1S/C24H31ClN2O6/c1-13-4-5-18-23(2,8-6-19(29)24(18,3)12-28)15(13)10-17(14-7-9-33-21(14)31)27-11-16(25)20(30)26-22(27)32/h7,11,15,17-19,28-29H,1,4-6,8-10,12H2,2-3H3,(H,26,30,32)/t15-,17?,18?,19?,23+,24-/m0/s1. The van der Waals surface area contributed by atoms with Gasteiger partial charge in [-0.3, -0.25) is 14.3 Å². The number of H-pyrrole nitrogens is 1. The maximum atomic E-state index is 12.8. The van der Waals surface area contributed by atoms with Crippen LogP contribution in [0.3, 0.4) is 0 Å². The Balaban J connectivity index is 1.79. The van der Waals surface area contributed by atoms with Crippen LogP contribution in [0.4, 0.5) is 0 Å². The van der Waals surface area contributed by atoms with E-state index in [4.69, 9.17) is 16.3 Å². The SMILES string of the molecule is C=C1CCC2[C@](C)(CO)C(O)CC[C@]2(C)[C@H]1CC(C1=CCOC1=O)n1cc(Cl)c(=O)[nH]c1=O. The fourth-order valence-electron chi connectivity index (χ4n) is 6.59. The number of fused-ring (bicyclic) bond motifs is 1. The second-order valence-electron chi connectivity index (χ2n) is 10.2. The molecule has 0 radical (unpaired) electrons. The normalized spacial score (nSPS) is 35.1. The molecule has 6 atom stereocenters. The molecule has 0 amide bonds. The molecule has 2 heterocycles. The topological polar surface area (TPSA) is 122 Å². The number of ether oxygens (including phenoxy) is 1. The maximum absolute atomic E-state index is 12.8. The minimum absolute atomic E-state index is 0.0373. The summed E-state index contributed by atoms with van der Waals surface area (Å²) in [4.78, 5) is 39.4. The van der Waals surface area contributed by atoms with Gasteiger partial charge in [0, 0.05) is 11.6 Å². The fourth-order valence-corrected chi connectivity index (χ4v) is 6.74. The first-order valence-electron chi connectivity index (χ1n) is 11.4. The number of aliphatic hydroxyl groups is 2. The number of aromatic amines is 1. The zero-order valence-electron chi connectivity index (χ0n) is 19.0. The van der Waals surface area contributed by atoms with Crippen LogP contribution < -0.4 is 11.2 Å². The van der Waals surface area contributed by atoms with E-state index in [-0.39, 0.29) is 35.5 Å². The van der Waals surface area contributed by atoms with Crippen molar-refractivity contribution in [3.8, 4) is 0 Å². The molecule has 0 bridgehead atoms. The zero-order valence-corrected chi connectivity index (χ0v) is 19.7. The van der Waals surface area contributed by atoms with Gasteiger partial charge in [-0.05, 0) is 55.4 Å². The minimum atomic E-state index is -0.702. The van der Waals surface area contributed by atoms with Crippen molar-refractivity contribution in [2.24, 2.45) is 22.7 Å². The van der Waals surface area contributed by atoms with E-state index in [1.165, 1.54) is 10.8 Å². The van der Waals surface area contributed by atoms with E-state index in [0.717, 1.165) is 24.8 Å². The second-order valence-corrected chi connectivity index (χ2v) is 10.6. The number of aliphatic hydroxyl groups excluding tert-OH is 2. The number of hydrogen-bond donors (Lipinski definition) is 3. The smallest absolute Gasteiger partial charge is 0.336 e. The molecule has 180 valence electrons. The first-order chi connectivity index (χ1) is 15.5. The lowest BCUT2D eigenvalue weighted by molar-refractivity contribution is -0.153. The van der Waals surface area contributed by atoms with Crippen LogP contribution in [-0.2, 0) is 9.53 Å². The third kappa shape index (κ3) is 3.82. The Labute approximate surface area is 196 Å². The molecule has 8 nitrogen and oxygen atoms in total. The summed E-state index contributed by atoms with van der Waals surface area (Å²) in [6, 6.07) is -0.702. The molecule has 3 aliphatic rings. The average Bonchev–Trinajstić information content (AvgIpc) is 3.19. The average molecular weight is 479 g/mol. The van der Waals surface area contributed by atoms with Gasteiger partial charge in [0.05, 0.1) is 24.3 Å². The van der Waals surface area contributed by atoms with Crippen molar-refractivity contribution in [1.29, 1.82) is 0 Å². The Morgan fingerprint density at radius 1 is 1.33 bits per heavy atom. The molecule has 1 aromatic rings. The summed E-state index contributed by atoms with van der Waals surface area (Å²) in [7, 11) is 0. The summed E-state index contributed by atoms with van der Waals surface area (Å²) in [6.07, 6.45) is 5.53. The number of allylic oxidation sites excluding steroid dienone is 1. The molecule has 9 heteroatoms. The lowest BCUT2D eigenvalue weighted by atomic mass is 9.46. The molecule has 3 N–H and O–H groups in total. The lowest BCUT2D eigenvalue weighted by Crippen LogP contribution is -2.57. The first-order valence-corrected chi connectivity index (χ1v) is 11.8. The number of halogens is 1. The van der Waals surface area contributed by atoms with Gasteiger partial charge in [-0.2, -0.15) is 0 Å². The number of carbonyl (C=O) groups excluding carboxylic acids is 1. The van der Waals surface area contributed by atoms with Gasteiger partial charge in [0.2, 0.25) is 0 Å². The Morgan fingerprint density at radius 2 is 2.06 bits per heavy atom. The summed E-state index contributed by atoms with van der Waals surface area (Å²) in [5.74, 6) is -0.557. The van der Waals surface area contributed by atoms with Gasteiger partial charge in [0.1, 0.15) is 11.6 Å². The highest BCUT2D eigenvalue weighted by Crippen LogP contribution is 2.62. The van der Waals surface area contributed by atoms with Gasteiger partial charge in [-0.1, -0.05) is 37.6 Å². The third-order valence-corrected chi connectivity index (χ3v) is 8.79. The second kappa shape index (κ2) is 8.56. The summed E-state index contributed by atoms with van der Waals surface area (Å²) in [5, 5.41) is 20.8. The van der Waals surface area contributed by atoms with Gasteiger partial charge in [0.15, 0.2) is 0 Å². The van der Waals surface area contributed by atoms with Crippen LogP contribution >= 0.6 is 11.6 Å². The number of aromatic nitrogens is 2. The van der Waals surface area contributed by atoms with Crippen molar-refractivity contribution < 1.29 is 19.7 Å². The van der Waals surface area contributed by atoms with E-state index in [0.29, 0.717) is 18.4 Å². The predicted molar refractivity (Wildman–Crippen MR) is 123 cm³/mol. The highest BCUT2D eigenvalue weighted by Gasteiger charge is 2.58. The summed E-state index contributed by atoms with van der Waals surface area (Å²) >= 11 is 6.04. The molecule has 0 spiro atoms. The first kappa shape index (κ1) is 24.0. The fraction of sp³-hybridized carbons (Fsp3) is 0.625. The van der Waals surface area contributed by atoms with E-state index in [1.807, 2.05) is 6.92 Å². The Bertz CT molecular complexity index is 1120. The maximum Gasteiger partial charge on any atom is 0.336 e. The van der Waals surface area contributed by atoms with Gasteiger partial charge < -0.3 is 14.9 Å². The Morgan fingerprint density at radius 3 is 2.70 bits per heavy atom. The highest BCUT2D eigenvalue weighted by atomic mass is 35.5. The molecule has 0 saturated heterocycles. The van der Waals surface area contributed by atoms with Crippen molar-refractivity contribution in [2.75, 3.05) is 13.2 Å². The molecular formula is C24H31ClN2O6. The zero-order chi connectivity index (χ0) is 24.1. The van der Waals surface area contributed by atoms with Crippen molar-refractivity contribution in [3.63, 3.8) is 0 Å². The van der Waals surface area contributed by atoms with Crippen LogP contribution in [0, 0.1) is 22.7 Å². The van der Waals surface area contributed by atoms with E-state index < -0.39 is 34.8 Å². The Hall–Kier alpha value is -2.16. The molecule has 3 unspecified atom stereocenters. The number of nitrogens with one attached hydrogen (secondary N) is 1. The quantitative estimate of drug-likeness (QED) is 0.441. The van der Waals surface area contributed by atoms with E-state index in [1.54, 1.807) is 6.08 Å². The highest BCUT2D eigenvalue weighted by molar-refractivity contribution is 6.30. The van der Waals surface area contributed by atoms with Crippen LogP contribution in [-0.4, -0.2) is 45.1 Å². The predicted octanol–water partition coefficient (Wildman–Crippen LogP) is 2.35. The van der Waals surface area contributed by atoms with Crippen molar-refractivity contribution in [1.82, 2.24) is 9.55 Å². The van der Waals surface area contributed by atoms with E-state index in [2.05, 4.69) is 18.5 Å². The summed E-state index contributed by atoms with van der Waals surface area (Å²) in [6.45, 7) is 8.44. The van der Waals surface area contributed by atoms with Crippen LogP contribution in [0.25, 0.3) is 0 Å². The molecule has 33 heavy (non-hydrogen) atoms. The number of carbonyl (C=O) groups is 1. The summed E-state index contributed by atoms with van der Waals surface area (Å²) < 4.78 is 6.43. The van der Waals surface area contributed by atoms with Crippen LogP contribution in [0.1, 0.15) is 52.0 Å². The van der Waals surface area contributed by atoms with Crippen molar-refractivity contribution in [2.45, 2.75) is 58.1 Å². The van der Waals surface area contributed by atoms with Crippen LogP contribution in [0.15, 0.2) is 39.6 Å². The monoisotopic (exact) mass is 478 g/mol.